The summed E-state index contributed by atoms with van der Waals surface area (Å²) in [5, 5.41) is 0. The molecule has 2 bridgehead atoms. The van der Waals surface area contributed by atoms with Gasteiger partial charge in [-0.25, -0.2) is 0 Å². The van der Waals surface area contributed by atoms with Crippen LogP contribution in [0.2, 0.25) is 0 Å². The van der Waals surface area contributed by atoms with Crippen molar-refractivity contribution in [2.75, 3.05) is 13.1 Å². The van der Waals surface area contributed by atoms with E-state index < -0.39 is 0 Å². The maximum absolute atomic E-state index is 12.1. The van der Waals surface area contributed by atoms with Gasteiger partial charge >= 0.3 is 0 Å². The van der Waals surface area contributed by atoms with Crippen molar-refractivity contribution in [1.29, 1.82) is 0 Å². The highest BCUT2D eigenvalue weighted by atomic mass is 16.5. The molecule has 0 aromatic heterocycles. The van der Waals surface area contributed by atoms with Crippen LogP contribution in [0.3, 0.4) is 0 Å². The van der Waals surface area contributed by atoms with E-state index >= 15 is 0 Å². The predicted octanol–water partition coefficient (Wildman–Crippen LogP) is -0.336. The van der Waals surface area contributed by atoms with Crippen LogP contribution in [0.4, 0.5) is 0 Å². The first-order chi connectivity index (χ1) is 8.24. The number of nitrogens with two attached hydrogens (primary N) is 1. The molecule has 0 aromatic rings. The zero-order valence-electron chi connectivity index (χ0n) is 9.54. The number of likely N-dealkylation sites (tertiary alicyclic amines) is 1. The molecule has 3 rings (SSSR count). The predicted molar refractivity (Wildman–Crippen MR) is 59.8 cm³/mol. The second-order valence-corrected chi connectivity index (χ2v) is 4.83. The third-order valence-electron chi connectivity index (χ3n) is 3.84. The van der Waals surface area contributed by atoms with Crippen molar-refractivity contribution in [3.05, 3.63) is 12.2 Å². The minimum absolute atomic E-state index is 0.0612. The van der Waals surface area contributed by atoms with Crippen LogP contribution >= 0.6 is 0 Å². The smallest absolute Gasteiger partial charge is 0.236 e. The second-order valence-electron chi connectivity index (χ2n) is 4.83. The first-order valence-electron chi connectivity index (χ1n) is 6.13. The van der Waals surface area contributed by atoms with Gasteiger partial charge in [0.05, 0.1) is 24.0 Å². The Labute approximate surface area is 99.6 Å². The molecule has 5 heteroatoms. The van der Waals surface area contributed by atoms with Crippen LogP contribution in [0.15, 0.2) is 12.2 Å². The van der Waals surface area contributed by atoms with E-state index in [9.17, 15) is 9.59 Å². The Morgan fingerprint density at radius 1 is 1.12 bits per heavy atom. The highest BCUT2D eigenvalue weighted by molar-refractivity contribution is 6.06. The number of carbonyl (C=O) groups is 2. The number of imide groups is 1. The van der Waals surface area contributed by atoms with E-state index in [1.807, 2.05) is 12.2 Å². The number of amides is 2. The van der Waals surface area contributed by atoms with E-state index in [-0.39, 0.29) is 35.9 Å². The Morgan fingerprint density at radius 3 is 2.24 bits per heavy atom. The van der Waals surface area contributed by atoms with Crippen molar-refractivity contribution in [2.24, 2.45) is 17.6 Å². The van der Waals surface area contributed by atoms with Gasteiger partial charge in [-0.2, -0.15) is 0 Å². The summed E-state index contributed by atoms with van der Waals surface area (Å²) in [6, 6.07) is 0. The maximum atomic E-state index is 12.1. The van der Waals surface area contributed by atoms with Gasteiger partial charge in [0.1, 0.15) is 0 Å². The fourth-order valence-corrected chi connectivity index (χ4v) is 3.00. The lowest BCUT2D eigenvalue weighted by Crippen LogP contribution is -2.35. The van der Waals surface area contributed by atoms with Crippen LogP contribution in [0.5, 0.6) is 0 Å². The first kappa shape index (κ1) is 10.9. The minimum Gasteiger partial charge on any atom is -0.365 e. The zero-order chi connectivity index (χ0) is 12.0. The molecule has 2 saturated heterocycles. The lowest BCUT2D eigenvalue weighted by atomic mass is 9.85. The summed E-state index contributed by atoms with van der Waals surface area (Å²) in [6.45, 7) is 1.10. The Balaban J connectivity index is 1.74. The van der Waals surface area contributed by atoms with Crippen LogP contribution in [0.25, 0.3) is 0 Å². The summed E-state index contributed by atoms with van der Waals surface area (Å²) >= 11 is 0. The highest BCUT2D eigenvalue weighted by Crippen LogP contribution is 2.44. The molecule has 0 radical (unpaired) electrons. The number of carbonyl (C=O) groups excluding carboxylic acids is 2. The summed E-state index contributed by atoms with van der Waals surface area (Å²) < 4.78 is 5.55. The van der Waals surface area contributed by atoms with Gasteiger partial charge in [-0.15, -0.1) is 0 Å². The Hall–Kier alpha value is -1.20. The van der Waals surface area contributed by atoms with Gasteiger partial charge in [0.15, 0.2) is 0 Å². The van der Waals surface area contributed by atoms with E-state index in [1.54, 1.807) is 0 Å². The average molecular weight is 236 g/mol. The molecular weight excluding hydrogens is 220 g/mol. The molecule has 4 atom stereocenters. The third kappa shape index (κ3) is 1.46. The molecule has 17 heavy (non-hydrogen) atoms. The number of ether oxygens (including phenoxy) is 1. The van der Waals surface area contributed by atoms with E-state index in [2.05, 4.69) is 0 Å². The van der Waals surface area contributed by atoms with Crippen molar-refractivity contribution >= 4 is 11.8 Å². The van der Waals surface area contributed by atoms with Gasteiger partial charge in [0.2, 0.25) is 11.8 Å². The molecule has 3 aliphatic rings. The van der Waals surface area contributed by atoms with Crippen LogP contribution in [0, 0.1) is 11.8 Å². The van der Waals surface area contributed by atoms with Gasteiger partial charge in [0.25, 0.3) is 0 Å². The molecule has 0 aromatic carbocycles. The largest absolute Gasteiger partial charge is 0.365 e. The summed E-state index contributed by atoms with van der Waals surface area (Å²) in [5.74, 6) is -0.659. The number of rotatable bonds is 4. The summed E-state index contributed by atoms with van der Waals surface area (Å²) in [5.41, 5.74) is 5.41. The zero-order valence-corrected chi connectivity index (χ0v) is 9.54. The fraction of sp³-hybridized carbons (Fsp3) is 0.667. The first-order valence-corrected chi connectivity index (χ1v) is 6.13. The highest BCUT2D eigenvalue weighted by Gasteiger charge is 2.60. The van der Waals surface area contributed by atoms with Gasteiger partial charge in [-0.1, -0.05) is 12.2 Å². The molecule has 5 nitrogen and oxygen atoms in total. The van der Waals surface area contributed by atoms with E-state index in [0.29, 0.717) is 13.1 Å². The SMILES string of the molecule is NCCCCN1C(=O)[C@@H]2[C@H](C1=O)[C@H]1C=C[C@@H]2O1. The van der Waals surface area contributed by atoms with Crippen LogP contribution in [-0.2, 0) is 14.3 Å². The number of unbranched alkanes of at least 4 members (excludes halogenated alkanes) is 1. The lowest BCUT2D eigenvalue weighted by molar-refractivity contribution is -0.142. The molecule has 0 unspecified atom stereocenters. The molecule has 3 heterocycles. The summed E-state index contributed by atoms with van der Waals surface area (Å²) in [6.07, 6.45) is 5.08. The lowest BCUT2D eigenvalue weighted by Gasteiger charge is -2.17. The molecule has 2 amide bonds. The molecular formula is C12H16N2O3. The number of hydrogen-bond acceptors (Lipinski definition) is 4. The third-order valence-corrected chi connectivity index (χ3v) is 3.84. The van der Waals surface area contributed by atoms with Crippen molar-refractivity contribution < 1.29 is 14.3 Å². The second kappa shape index (κ2) is 3.92. The Morgan fingerprint density at radius 2 is 1.71 bits per heavy atom. The minimum atomic E-state index is -0.268. The van der Waals surface area contributed by atoms with Gasteiger partial charge < -0.3 is 10.5 Å². The number of hydrogen-bond donors (Lipinski definition) is 1. The quantitative estimate of drug-likeness (QED) is 0.412. The molecule has 0 spiro atoms. The van der Waals surface area contributed by atoms with Gasteiger partial charge in [-0.3, -0.25) is 14.5 Å². The molecule has 92 valence electrons. The fourth-order valence-electron chi connectivity index (χ4n) is 3.00. The normalized spacial score (nSPS) is 38.3. The monoisotopic (exact) mass is 236 g/mol. The van der Waals surface area contributed by atoms with E-state index in [4.69, 9.17) is 10.5 Å². The van der Waals surface area contributed by atoms with Crippen LogP contribution in [0.1, 0.15) is 12.8 Å². The Bertz CT molecular complexity index is 363. The molecule has 0 saturated carbocycles. The van der Waals surface area contributed by atoms with Crippen LogP contribution in [-0.4, -0.2) is 42.0 Å². The number of nitrogens with zero attached hydrogens (tertiary/aromatic N) is 1. The van der Waals surface area contributed by atoms with E-state index in [1.165, 1.54) is 4.90 Å². The van der Waals surface area contributed by atoms with Crippen molar-refractivity contribution in [3.63, 3.8) is 0 Å². The standard InChI is InChI=1S/C12H16N2O3/c13-5-1-2-6-14-11(15)9-7-3-4-8(17-7)10(9)12(14)16/h3-4,7-10H,1-2,5-6,13H2/t7-,8+,9-,10+. The summed E-state index contributed by atoms with van der Waals surface area (Å²) in [7, 11) is 0. The topological polar surface area (TPSA) is 72.6 Å². The average Bonchev–Trinajstić information content (AvgIpc) is 2.97. The van der Waals surface area contributed by atoms with Gasteiger partial charge in [-0.05, 0) is 19.4 Å². The summed E-state index contributed by atoms with van der Waals surface area (Å²) in [4.78, 5) is 25.7. The van der Waals surface area contributed by atoms with Crippen LogP contribution < -0.4 is 5.73 Å². The van der Waals surface area contributed by atoms with Gasteiger partial charge in [0, 0.05) is 6.54 Å². The molecule has 3 aliphatic heterocycles. The number of fused-ring (bicyclic) bond motifs is 5. The van der Waals surface area contributed by atoms with Crippen molar-refractivity contribution in [3.8, 4) is 0 Å². The maximum Gasteiger partial charge on any atom is 0.236 e. The Kier molecular flexibility index (Phi) is 2.52. The van der Waals surface area contributed by atoms with Crippen molar-refractivity contribution in [1.82, 2.24) is 4.90 Å². The molecule has 2 N–H and O–H groups in total. The molecule has 2 fully saturated rings. The van der Waals surface area contributed by atoms with Crippen molar-refractivity contribution in [2.45, 2.75) is 25.0 Å². The molecule has 0 aliphatic carbocycles. The van der Waals surface area contributed by atoms with E-state index in [0.717, 1.165) is 12.8 Å².